The molecule has 4 amide bonds. The number of aromatic hydroxyl groups is 1. The molecule has 0 bridgehead atoms. The molecular formula is C19H18N4O7. The van der Waals surface area contributed by atoms with Gasteiger partial charge in [0.15, 0.2) is 5.60 Å². The number of hydrogen-bond donors (Lipinski definition) is 3. The minimum atomic E-state index is -1.29. The first-order chi connectivity index (χ1) is 14.0. The van der Waals surface area contributed by atoms with Crippen molar-refractivity contribution in [1.82, 2.24) is 4.90 Å². The monoisotopic (exact) mass is 414 g/mol. The number of primary amides is 1. The van der Waals surface area contributed by atoms with Gasteiger partial charge in [-0.3, -0.25) is 4.79 Å². The van der Waals surface area contributed by atoms with Crippen molar-refractivity contribution in [2.24, 2.45) is 16.0 Å². The maximum atomic E-state index is 11.2. The average Bonchev–Trinajstić information content (AvgIpc) is 2.88. The quantitative estimate of drug-likeness (QED) is 0.646. The van der Waals surface area contributed by atoms with Crippen LogP contribution in [0.25, 0.3) is 0 Å². The van der Waals surface area contributed by atoms with Gasteiger partial charge in [0.2, 0.25) is 0 Å². The van der Waals surface area contributed by atoms with E-state index < -0.39 is 29.6 Å². The maximum Gasteiger partial charge on any atom is 0.426 e. The first-order valence-electron chi connectivity index (χ1n) is 8.43. The first kappa shape index (κ1) is 22.0. The van der Waals surface area contributed by atoms with E-state index in [1.54, 1.807) is 30.3 Å². The van der Waals surface area contributed by atoms with E-state index >= 15 is 0 Å². The van der Waals surface area contributed by atoms with E-state index in [1.165, 1.54) is 32.0 Å². The zero-order valence-corrected chi connectivity index (χ0v) is 16.0. The van der Waals surface area contributed by atoms with Gasteiger partial charge in [-0.05, 0) is 50.2 Å². The van der Waals surface area contributed by atoms with Crippen LogP contribution in [0, 0.1) is 0 Å². The lowest BCUT2D eigenvalue weighted by Crippen LogP contribution is -2.43. The number of cyclic esters (lactones) is 1. The second-order valence-electron chi connectivity index (χ2n) is 6.40. The largest absolute Gasteiger partial charge is 0.508 e. The Bertz CT molecular complexity index is 1020. The number of nitrogens with zero attached hydrogens (tertiary/aromatic N) is 3. The van der Waals surface area contributed by atoms with Gasteiger partial charge in [0, 0.05) is 0 Å². The molecule has 0 atom stereocenters. The minimum absolute atomic E-state index is 0.0972. The number of ether oxygens (including phenoxy) is 1. The molecule has 0 aromatic heterocycles. The highest BCUT2D eigenvalue weighted by Gasteiger charge is 2.49. The summed E-state index contributed by atoms with van der Waals surface area (Å²) < 4.78 is 4.57. The van der Waals surface area contributed by atoms with Crippen molar-refractivity contribution in [3.63, 3.8) is 0 Å². The van der Waals surface area contributed by atoms with Crippen LogP contribution in [-0.4, -0.2) is 44.7 Å². The van der Waals surface area contributed by atoms with Crippen LogP contribution in [0.15, 0.2) is 58.8 Å². The van der Waals surface area contributed by atoms with E-state index in [-0.39, 0.29) is 21.9 Å². The number of imide groups is 3. The predicted octanol–water partition coefficient (Wildman–Crippen LogP) is 3.33. The van der Waals surface area contributed by atoms with Crippen LogP contribution in [0.1, 0.15) is 24.2 Å². The highest BCUT2D eigenvalue weighted by Crippen LogP contribution is 2.24. The van der Waals surface area contributed by atoms with Gasteiger partial charge in [-0.1, -0.05) is 12.1 Å². The highest BCUT2D eigenvalue weighted by atomic mass is 16.6. The second-order valence-corrected chi connectivity index (χ2v) is 6.40. The van der Waals surface area contributed by atoms with Crippen LogP contribution in [0.5, 0.6) is 5.75 Å². The molecule has 11 nitrogen and oxygen atoms in total. The van der Waals surface area contributed by atoms with E-state index in [2.05, 4.69) is 15.0 Å². The molecule has 4 N–H and O–H groups in total. The van der Waals surface area contributed by atoms with E-state index in [0.29, 0.717) is 5.69 Å². The van der Waals surface area contributed by atoms with Crippen LogP contribution < -0.4 is 5.73 Å². The van der Waals surface area contributed by atoms with Gasteiger partial charge in [-0.25, -0.2) is 14.4 Å². The fraction of sp³-hybridized carbons (Fsp3) is 0.158. The molecule has 0 radical (unpaired) electrons. The summed E-state index contributed by atoms with van der Waals surface area (Å²) >= 11 is 0. The molecule has 1 fully saturated rings. The number of carbonyl (C=O) groups is 4. The fourth-order valence-electron chi connectivity index (χ4n) is 2.22. The standard InChI is InChI=1S/C13H10N2O3.C6H8N2O4/c16-10-7-5-9(6-8-10)14-15-12-4-2-1-3-11(12)13(17)18;1-6(2)3(9)8(4(7)10)5(11)12-6/h1-8,16H,(H,17,18);1-2H3,(H2,7,10). The summed E-state index contributed by atoms with van der Waals surface area (Å²) in [7, 11) is 0. The molecule has 3 rings (SSSR count). The summed E-state index contributed by atoms with van der Waals surface area (Å²) in [6, 6.07) is 11.4. The number of phenolic OH excluding ortho intramolecular Hbond substituents is 1. The number of hydrogen-bond acceptors (Lipinski definition) is 8. The Balaban J connectivity index is 0.000000232. The lowest BCUT2D eigenvalue weighted by Gasteiger charge is -2.10. The number of carbonyl (C=O) groups excluding carboxylic acids is 3. The normalized spacial score (nSPS) is 14.8. The second kappa shape index (κ2) is 8.82. The number of rotatable bonds is 3. The maximum absolute atomic E-state index is 11.2. The van der Waals surface area contributed by atoms with Crippen molar-refractivity contribution in [3.05, 3.63) is 54.1 Å². The Hall–Kier alpha value is -4.28. The summed E-state index contributed by atoms with van der Waals surface area (Å²) in [6.45, 7) is 2.77. The van der Waals surface area contributed by atoms with Crippen molar-refractivity contribution in [2.75, 3.05) is 0 Å². The Morgan fingerprint density at radius 3 is 2.10 bits per heavy atom. The number of carboxylic acid groups (broad SMARTS) is 1. The van der Waals surface area contributed by atoms with Crippen molar-refractivity contribution >= 4 is 35.4 Å². The average molecular weight is 414 g/mol. The number of nitrogens with two attached hydrogens (primary N) is 1. The number of phenols is 1. The molecule has 1 aliphatic heterocycles. The molecule has 30 heavy (non-hydrogen) atoms. The Morgan fingerprint density at radius 2 is 1.63 bits per heavy atom. The third-order valence-electron chi connectivity index (χ3n) is 3.72. The van der Waals surface area contributed by atoms with Crippen molar-refractivity contribution in [1.29, 1.82) is 0 Å². The molecule has 1 saturated heterocycles. The number of aromatic carboxylic acids is 1. The number of amides is 4. The SMILES string of the molecule is CC1(C)OC(=O)N(C(N)=O)C1=O.O=C(O)c1ccccc1N=Nc1ccc(O)cc1. The lowest BCUT2D eigenvalue weighted by atomic mass is 10.1. The molecule has 156 valence electrons. The molecule has 2 aromatic carbocycles. The molecule has 1 heterocycles. The van der Waals surface area contributed by atoms with Gasteiger partial charge in [-0.15, -0.1) is 5.11 Å². The van der Waals surface area contributed by atoms with Gasteiger partial charge in [0.05, 0.1) is 11.3 Å². The number of carboxylic acids is 1. The zero-order valence-electron chi connectivity index (χ0n) is 16.0. The van der Waals surface area contributed by atoms with Gasteiger partial charge >= 0.3 is 18.1 Å². The summed E-state index contributed by atoms with van der Waals surface area (Å²) in [5.74, 6) is -1.64. The van der Waals surface area contributed by atoms with Gasteiger partial charge < -0.3 is 20.7 Å². The van der Waals surface area contributed by atoms with E-state index in [4.69, 9.17) is 15.9 Å². The first-order valence-corrected chi connectivity index (χ1v) is 8.43. The van der Waals surface area contributed by atoms with Gasteiger partial charge in [-0.2, -0.15) is 10.0 Å². The molecule has 11 heteroatoms. The summed E-state index contributed by atoms with van der Waals surface area (Å²) in [5, 5.41) is 25.9. The fourth-order valence-corrected chi connectivity index (χ4v) is 2.22. The van der Waals surface area contributed by atoms with E-state index in [1.807, 2.05) is 0 Å². The molecule has 1 aliphatic rings. The molecule has 0 spiro atoms. The van der Waals surface area contributed by atoms with Crippen molar-refractivity contribution in [2.45, 2.75) is 19.4 Å². The summed E-state index contributed by atoms with van der Waals surface area (Å²) in [4.78, 5) is 43.7. The molecular weight excluding hydrogens is 396 g/mol. The number of benzene rings is 2. The predicted molar refractivity (Wildman–Crippen MR) is 103 cm³/mol. The molecule has 0 saturated carbocycles. The Labute approximate surface area is 170 Å². The highest BCUT2D eigenvalue weighted by molar-refractivity contribution is 6.14. The molecule has 0 unspecified atom stereocenters. The van der Waals surface area contributed by atoms with Crippen LogP contribution in [0.3, 0.4) is 0 Å². The van der Waals surface area contributed by atoms with Gasteiger partial charge in [0.1, 0.15) is 11.4 Å². The number of azo groups is 1. The van der Waals surface area contributed by atoms with Crippen molar-refractivity contribution < 1.29 is 34.1 Å². The minimum Gasteiger partial charge on any atom is -0.508 e. The van der Waals surface area contributed by atoms with Crippen LogP contribution in [-0.2, 0) is 9.53 Å². The van der Waals surface area contributed by atoms with Crippen LogP contribution >= 0.6 is 0 Å². The van der Waals surface area contributed by atoms with E-state index in [9.17, 15) is 19.2 Å². The molecule has 2 aromatic rings. The summed E-state index contributed by atoms with van der Waals surface area (Å²) in [5.41, 5.74) is 4.40. The molecule has 0 aliphatic carbocycles. The third kappa shape index (κ3) is 5.16. The zero-order chi connectivity index (χ0) is 22.5. The number of urea groups is 1. The Kier molecular flexibility index (Phi) is 6.47. The van der Waals surface area contributed by atoms with Crippen molar-refractivity contribution in [3.8, 4) is 5.75 Å². The third-order valence-corrected chi connectivity index (χ3v) is 3.72. The van der Waals surface area contributed by atoms with Crippen LogP contribution in [0.4, 0.5) is 21.0 Å². The lowest BCUT2D eigenvalue weighted by molar-refractivity contribution is -0.132. The smallest absolute Gasteiger partial charge is 0.426 e. The Morgan fingerprint density at radius 1 is 1.03 bits per heavy atom. The van der Waals surface area contributed by atoms with Gasteiger partial charge in [0.25, 0.3) is 5.91 Å². The van der Waals surface area contributed by atoms with Crippen LogP contribution in [0.2, 0.25) is 0 Å². The van der Waals surface area contributed by atoms with E-state index in [0.717, 1.165) is 0 Å². The topological polar surface area (TPSA) is 172 Å². The summed E-state index contributed by atoms with van der Waals surface area (Å²) in [6.07, 6.45) is -1.02.